The maximum Gasteiger partial charge on any atom is 0.209 e. The molecule has 0 atom stereocenters. The zero-order valence-electron chi connectivity index (χ0n) is 10.6. The van der Waals surface area contributed by atoms with Crippen LogP contribution in [0.5, 0.6) is 0 Å². The van der Waals surface area contributed by atoms with Gasteiger partial charge in [0.25, 0.3) is 0 Å². The molecule has 17 heavy (non-hydrogen) atoms. The summed E-state index contributed by atoms with van der Waals surface area (Å²) in [5.74, 6) is 3.45. The van der Waals surface area contributed by atoms with E-state index in [2.05, 4.69) is 47.5 Å². The molecule has 0 unspecified atom stereocenters. The highest BCUT2D eigenvalue weighted by molar-refractivity contribution is 7.99. The number of hydrogen-bond donors (Lipinski definition) is 1. The first-order valence-electron chi connectivity index (χ1n) is 5.60. The number of rotatable bonds is 6. The minimum atomic E-state index is 0.116. The van der Waals surface area contributed by atoms with E-state index in [0.29, 0.717) is 0 Å². The molecule has 0 aliphatic rings. The van der Waals surface area contributed by atoms with Crippen molar-refractivity contribution in [3.63, 3.8) is 0 Å². The Morgan fingerprint density at radius 1 is 1.47 bits per heavy atom. The molecule has 0 saturated heterocycles. The van der Waals surface area contributed by atoms with Crippen LogP contribution in [0.3, 0.4) is 0 Å². The zero-order chi connectivity index (χ0) is 12.7. The van der Waals surface area contributed by atoms with Crippen LogP contribution in [-0.2, 0) is 6.54 Å². The number of nitrogens with zero attached hydrogens (tertiary/aromatic N) is 4. The third-order valence-electron chi connectivity index (χ3n) is 1.96. The minimum Gasteiger partial charge on any atom is -0.310 e. The molecule has 94 valence electrons. The number of nitrogens with one attached hydrogen (secondary N) is 1. The van der Waals surface area contributed by atoms with Crippen LogP contribution in [0.25, 0.3) is 0 Å². The van der Waals surface area contributed by atoms with Gasteiger partial charge >= 0.3 is 0 Å². The van der Waals surface area contributed by atoms with E-state index < -0.39 is 0 Å². The zero-order valence-corrected chi connectivity index (χ0v) is 11.4. The van der Waals surface area contributed by atoms with Crippen LogP contribution in [0, 0.1) is 12.3 Å². The smallest absolute Gasteiger partial charge is 0.209 e. The summed E-state index contributed by atoms with van der Waals surface area (Å²) >= 11 is 1.59. The van der Waals surface area contributed by atoms with Crippen molar-refractivity contribution in [2.75, 3.05) is 12.3 Å². The van der Waals surface area contributed by atoms with Crippen LogP contribution < -0.4 is 5.32 Å². The van der Waals surface area contributed by atoms with Crippen LogP contribution in [0.15, 0.2) is 5.16 Å². The first-order valence-corrected chi connectivity index (χ1v) is 6.59. The van der Waals surface area contributed by atoms with Gasteiger partial charge in [-0.2, -0.15) is 0 Å². The number of hydrogen-bond acceptors (Lipinski definition) is 5. The Morgan fingerprint density at radius 2 is 2.24 bits per heavy atom. The van der Waals surface area contributed by atoms with Gasteiger partial charge in [0.15, 0.2) is 0 Å². The lowest BCUT2D eigenvalue weighted by molar-refractivity contribution is 0.396. The van der Waals surface area contributed by atoms with Crippen molar-refractivity contribution >= 4 is 11.8 Å². The van der Waals surface area contributed by atoms with Gasteiger partial charge in [0.1, 0.15) is 0 Å². The van der Waals surface area contributed by atoms with Gasteiger partial charge in [0.2, 0.25) is 5.16 Å². The average molecular weight is 253 g/mol. The van der Waals surface area contributed by atoms with Crippen LogP contribution in [0.4, 0.5) is 0 Å². The lowest BCUT2D eigenvalue weighted by Gasteiger charge is -2.20. The molecule has 0 fully saturated rings. The largest absolute Gasteiger partial charge is 0.310 e. The molecule has 1 rings (SSSR count). The second-order valence-electron chi connectivity index (χ2n) is 4.66. The monoisotopic (exact) mass is 253 g/mol. The lowest BCUT2D eigenvalue weighted by atomic mass is 10.1. The summed E-state index contributed by atoms with van der Waals surface area (Å²) in [6, 6.07) is 0. The minimum absolute atomic E-state index is 0.116. The van der Waals surface area contributed by atoms with Crippen molar-refractivity contribution in [2.45, 2.75) is 44.4 Å². The van der Waals surface area contributed by atoms with E-state index in [1.807, 2.05) is 0 Å². The van der Waals surface area contributed by atoms with Gasteiger partial charge in [-0.1, -0.05) is 11.8 Å². The van der Waals surface area contributed by atoms with Gasteiger partial charge in [0.05, 0.1) is 6.54 Å². The normalized spacial score (nSPS) is 11.4. The second-order valence-corrected chi connectivity index (χ2v) is 5.73. The van der Waals surface area contributed by atoms with Crippen molar-refractivity contribution in [1.29, 1.82) is 0 Å². The van der Waals surface area contributed by atoms with Crippen molar-refractivity contribution in [3.05, 3.63) is 0 Å². The highest BCUT2D eigenvalue weighted by Crippen LogP contribution is 2.13. The SMILES string of the molecule is C#CCCSc1nnnn1CCNC(C)(C)C. The van der Waals surface area contributed by atoms with Crippen LogP contribution in [0.2, 0.25) is 0 Å². The highest BCUT2D eigenvalue weighted by atomic mass is 32.2. The van der Waals surface area contributed by atoms with Gasteiger partial charge in [-0.25, -0.2) is 4.68 Å². The molecule has 0 saturated carbocycles. The molecule has 0 aliphatic carbocycles. The molecule has 0 amide bonds. The Balaban J connectivity index is 2.38. The van der Waals surface area contributed by atoms with Gasteiger partial charge < -0.3 is 5.32 Å². The number of terminal acetylenes is 1. The van der Waals surface area contributed by atoms with Crippen molar-refractivity contribution < 1.29 is 0 Å². The summed E-state index contributed by atoms with van der Waals surface area (Å²) in [4.78, 5) is 0. The standard InChI is InChI=1S/C11H19N5S/c1-5-6-9-17-10-13-14-15-16(10)8-7-12-11(2,3)4/h1,12H,6-9H2,2-4H3. The fourth-order valence-corrected chi connectivity index (χ4v) is 1.95. The van der Waals surface area contributed by atoms with E-state index in [0.717, 1.165) is 30.4 Å². The van der Waals surface area contributed by atoms with E-state index in [1.165, 1.54) is 0 Å². The predicted octanol–water partition coefficient (Wildman–Crippen LogP) is 1.18. The Kier molecular flexibility index (Phi) is 5.45. The predicted molar refractivity (Wildman–Crippen MR) is 69.7 cm³/mol. The first kappa shape index (κ1) is 14.0. The summed E-state index contributed by atoms with van der Waals surface area (Å²) in [6.45, 7) is 8.01. The molecule has 0 spiro atoms. The second kappa shape index (κ2) is 6.62. The Hall–Kier alpha value is -1.06. The fraction of sp³-hybridized carbons (Fsp3) is 0.727. The van der Waals surface area contributed by atoms with E-state index >= 15 is 0 Å². The number of tetrazole rings is 1. The van der Waals surface area contributed by atoms with Crippen LogP contribution >= 0.6 is 11.8 Å². The molecular weight excluding hydrogens is 234 g/mol. The van der Waals surface area contributed by atoms with E-state index in [-0.39, 0.29) is 5.54 Å². The molecule has 0 aromatic carbocycles. The lowest BCUT2D eigenvalue weighted by Crippen LogP contribution is -2.38. The molecule has 1 aromatic heterocycles. The van der Waals surface area contributed by atoms with E-state index in [4.69, 9.17) is 6.42 Å². The van der Waals surface area contributed by atoms with Gasteiger partial charge in [-0.15, -0.1) is 17.4 Å². The summed E-state index contributed by atoms with van der Waals surface area (Å²) < 4.78 is 1.81. The molecule has 0 aliphatic heterocycles. The van der Waals surface area contributed by atoms with Gasteiger partial charge in [0, 0.05) is 24.3 Å². The molecule has 0 bridgehead atoms. The first-order chi connectivity index (χ1) is 8.03. The Morgan fingerprint density at radius 3 is 2.88 bits per heavy atom. The van der Waals surface area contributed by atoms with Crippen molar-refractivity contribution in [1.82, 2.24) is 25.5 Å². The van der Waals surface area contributed by atoms with Crippen molar-refractivity contribution in [2.24, 2.45) is 0 Å². The summed E-state index contributed by atoms with van der Waals surface area (Å²) in [5.41, 5.74) is 0.116. The Bertz CT molecular complexity index is 374. The molecule has 0 radical (unpaired) electrons. The van der Waals surface area contributed by atoms with E-state index in [1.54, 1.807) is 16.4 Å². The molecule has 6 heteroatoms. The Labute approximate surface area is 107 Å². The maximum atomic E-state index is 5.20. The average Bonchev–Trinajstić information content (AvgIpc) is 2.64. The quantitative estimate of drug-likeness (QED) is 0.469. The van der Waals surface area contributed by atoms with Gasteiger partial charge in [-0.3, -0.25) is 0 Å². The summed E-state index contributed by atoms with van der Waals surface area (Å²) in [6.07, 6.45) is 5.94. The topological polar surface area (TPSA) is 55.6 Å². The fourth-order valence-electron chi connectivity index (χ4n) is 1.18. The number of thioether (sulfide) groups is 1. The molecule has 1 heterocycles. The van der Waals surface area contributed by atoms with Crippen LogP contribution in [-0.4, -0.2) is 38.0 Å². The highest BCUT2D eigenvalue weighted by Gasteiger charge is 2.10. The molecular formula is C11H19N5S. The summed E-state index contributed by atoms with van der Waals surface area (Å²) in [5, 5.41) is 15.8. The third kappa shape index (κ3) is 5.71. The molecule has 1 N–H and O–H groups in total. The maximum absolute atomic E-state index is 5.20. The third-order valence-corrected chi connectivity index (χ3v) is 2.91. The van der Waals surface area contributed by atoms with Crippen LogP contribution in [0.1, 0.15) is 27.2 Å². The molecule has 1 aromatic rings. The number of aromatic nitrogens is 4. The summed E-state index contributed by atoms with van der Waals surface area (Å²) in [7, 11) is 0. The van der Waals surface area contributed by atoms with Gasteiger partial charge in [-0.05, 0) is 31.2 Å². The van der Waals surface area contributed by atoms with E-state index in [9.17, 15) is 0 Å². The molecule has 5 nitrogen and oxygen atoms in total. The van der Waals surface area contributed by atoms with Crippen molar-refractivity contribution in [3.8, 4) is 12.3 Å².